The molecule has 0 fully saturated rings. The molecule has 0 aliphatic carbocycles. The number of hydrogen-bond donors (Lipinski definition) is 0. The lowest BCUT2D eigenvalue weighted by molar-refractivity contribution is 0.226. The van der Waals surface area contributed by atoms with Gasteiger partial charge < -0.3 is 9.47 Å². The molecule has 0 spiro atoms. The molecule has 1 aromatic heterocycles. The molecule has 0 atom stereocenters. The van der Waals surface area contributed by atoms with Crippen molar-refractivity contribution >= 4 is 11.3 Å². The minimum atomic E-state index is 0.435. The predicted octanol–water partition coefficient (Wildman–Crippen LogP) is 3.13. The van der Waals surface area contributed by atoms with Crippen LogP contribution in [-0.2, 0) is 11.3 Å². The van der Waals surface area contributed by atoms with E-state index in [1.807, 2.05) is 29.8 Å². The number of hydrogen-bond acceptors (Lipinski definition) is 4. The summed E-state index contributed by atoms with van der Waals surface area (Å²) in [5, 5.41) is 0. The van der Waals surface area contributed by atoms with E-state index in [0.717, 1.165) is 21.9 Å². The molecule has 3 nitrogen and oxygen atoms in total. The van der Waals surface area contributed by atoms with Crippen LogP contribution >= 0.6 is 11.3 Å². The number of aromatic nitrogens is 1. The van der Waals surface area contributed by atoms with Gasteiger partial charge in [-0.2, -0.15) is 0 Å². The van der Waals surface area contributed by atoms with Crippen LogP contribution in [-0.4, -0.2) is 12.1 Å². The van der Waals surface area contributed by atoms with Gasteiger partial charge in [0.2, 0.25) is 0 Å². The lowest BCUT2D eigenvalue weighted by Gasteiger charge is -2.03. The van der Waals surface area contributed by atoms with E-state index in [4.69, 9.17) is 9.47 Å². The van der Waals surface area contributed by atoms with Crippen molar-refractivity contribution in [3.8, 4) is 16.2 Å². The minimum Gasteiger partial charge on any atom is -0.497 e. The molecule has 0 saturated carbocycles. The van der Waals surface area contributed by atoms with Crippen LogP contribution in [0.4, 0.5) is 0 Å². The summed E-state index contributed by atoms with van der Waals surface area (Å²) in [6.45, 7) is 0.435. The number of ether oxygens (including phenoxy) is 2. The van der Waals surface area contributed by atoms with E-state index >= 15 is 0 Å². The molecular formula is C12H12NO2S. The molecule has 2 aromatic rings. The quantitative estimate of drug-likeness (QED) is 0.814. The maximum absolute atomic E-state index is 5.12. The first-order chi connectivity index (χ1) is 7.85. The normalized spacial score (nSPS) is 10.4. The van der Waals surface area contributed by atoms with Gasteiger partial charge in [0.15, 0.2) is 0 Å². The predicted molar refractivity (Wildman–Crippen MR) is 64.2 cm³/mol. The second-order valence-corrected chi connectivity index (χ2v) is 4.06. The minimum absolute atomic E-state index is 0.435. The molecule has 1 aromatic carbocycles. The number of benzene rings is 1. The fraction of sp³-hybridized carbons (Fsp3) is 0.167. The third kappa shape index (κ3) is 2.23. The van der Waals surface area contributed by atoms with Gasteiger partial charge in [-0.15, -0.1) is 11.3 Å². The van der Waals surface area contributed by atoms with Crippen molar-refractivity contribution in [3.05, 3.63) is 42.6 Å². The number of nitrogens with zero attached hydrogens (tertiary/aromatic N) is 1. The molecule has 0 unspecified atom stereocenters. The van der Waals surface area contributed by atoms with E-state index in [-0.39, 0.29) is 0 Å². The molecule has 0 amide bonds. The van der Waals surface area contributed by atoms with Crippen LogP contribution in [0.5, 0.6) is 5.75 Å². The molecule has 0 aliphatic rings. The molecular weight excluding hydrogens is 222 g/mol. The van der Waals surface area contributed by atoms with Gasteiger partial charge in [-0.1, -0.05) is 0 Å². The summed E-state index contributed by atoms with van der Waals surface area (Å²) >= 11 is 1.60. The SMILES string of the molecule is [CH2]OCc1ncsc1-c1ccc(OC)cc1. The van der Waals surface area contributed by atoms with Crippen molar-refractivity contribution in [2.45, 2.75) is 6.61 Å². The van der Waals surface area contributed by atoms with Crippen molar-refractivity contribution < 1.29 is 9.47 Å². The smallest absolute Gasteiger partial charge is 0.118 e. The van der Waals surface area contributed by atoms with Crippen molar-refractivity contribution in [2.75, 3.05) is 7.11 Å². The fourth-order valence-electron chi connectivity index (χ4n) is 1.45. The topological polar surface area (TPSA) is 31.4 Å². The van der Waals surface area contributed by atoms with Gasteiger partial charge in [-0.3, -0.25) is 0 Å². The molecule has 2 rings (SSSR count). The zero-order valence-corrected chi connectivity index (χ0v) is 9.79. The monoisotopic (exact) mass is 234 g/mol. The molecule has 83 valence electrons. The Hall–Kier alpha value is -1.39. The average Bonchev–Trinajstić information content (AvgIpc) is 2.78. The highest BCUT2D eigenvalue weighted by Gasteiger charge is 2.08. The van der Waals surface area contributed by atoms with Gasteiger partial charge >= 0.3 is 0 Å². The third-order valence-corrected chi connectivity index (χ3v) is 3.15. The summed E-state index contributed by atoms with van der Waals surface area (Å²) in [7, 11) is 5.02. The van der Waals surface area contributed by atoms with Crippen LogP contribution in [0.15, 0.2) is 29.8 Å². The lowest BCUT2D eigenvalue weighted by Crippen LogP contribution is -1.89. The molecule has 0 N–H and O–H groups in total. The summed E-state index contributed by atoms with van der Waals surface area (Å²) in [4.78, 5) is 5.36. The Bertz CT molecular complexity index is 450. The van der Waals surface area contributed by atoms with E-state index in [1.165, 1.54) is 0 Å². The number of rotatable bonds is 4. The number of thiazole rings is 1. The Kier molecular flexibility index (Phi) is 3.54. The highest BCUT2D eigenvalue weighted by Crippen LogP contribution is 2.29. The van der Waals surface area contributed by atoms with Crippen LogP contribution in [0, 0.1) is 7.11 Å². The molecule has 4 heteroatoms. The second kappa shape index (κ2) is 5.09. The van der Waals surface area contributed by atoms with Crippen LogP contribution in [0.25, 0.3) is 10.4 Å². The van der Waals surface area contributed by atoms with Gasteiger partial charge in [0, 0.05) is 0 Å². The molecule has 0 bridgehead atoms. The molecule has 1 heterocycles. The lowest BCUT2D eigenvalue weighted by atomic mass is 10.1. The van der Waals surface area contributed by atoms with Crippen molar-refractivity contribution in [3.63, 3.8) is 0 Å². The zero-order valence-electron chi connectivity index (χ0n) is 8.97. The summed E-state index contributed by atoms with van der Waals surface area (Å²) < 4.78 is 9.98. The molecule has 1 radical (unpaired) electrons. The van der Waals surface area contributed by atoms with Crippen LogP contribution in [0.1, 0.15) is 5.69 Å². The van der Waals surface area contributed by atoms with Gasteiger partial charge in [-0.25, -0.2) is 4.98 Å². The highest BCUT2D eigenvalue weighted by atomic mass is 32.1. The Morgan fingerprint density at radius 2 is 2.06 bits per heavy atom. The molecule has 0 saturated heterocycles. The summed E-state index contributed by atoms with van der Waals surface area (Å²) in [6.07, 6.45) is 0. The van der Waals surface area contributed by atoms with E-state index in [9.17, 15) is 0 Å². The maximum Gasteiger partial charge on any atom is 0.118 e. The van der Waals surface area contributed by atoms with Crippen LogP contribution in [0.3, 0.4) is 0 Å². The van der Waals surface area contributed by atoms with Crippen LogP contribution in [0.2, 0.25) is 0 Å². The first-order valence-corrected chi connectivity index (χ1v) is 5.67. The van der Waals surface area contributed by atoms with Crippen LogP contribution < -0.4 is 4.74 Å². The van der Waals surface area contributed by atoms with Crippen molar-refractivity contribution in [1.82, 2.24) is 4.98 Å². The Balaban J connectivity index is 2.31. The largest absolute Gasteiger partial charge is 0.497 e. The highest BCUT2D eigenvalue weighted by molar-refractivity contribution is 7.13. The molecule has 0 aliphatic heterocycles. The standard InChI is InChI=1S/C12H12NO2S/c1-14-7-11-12(16-8-13-11)9-3-5-10(15-2)6-4-9/h3-6,8H,1,7H2,2H3. The second-order valence-electron chi connectivity index (χ2n) is 3.21. The number of methoxy groups -OCH3 is 1. The van der Waals surface area contributed by atoms with Crippen molar-refractivity contribution in [2.24, 2.45) is 0 Å². The first-order valence-electron chi connectivity index (χ1n) is 4.79. The third-order valence-electron chi connectivity index (χ3n) is 2.23. The summed E-state index contributed by atoms with van der Waals surface area (Å²) in [5.74, 6) is 0.850. The summed E-state index contributed by atoms with van der Waals surface area (Å²) in [5.41, 5.74) is 3.86. The fourth-order valence-corrected chi connectivity index (χ4v) is 2.25. The molecule has 16 heavy (non-hydrogen) atoms. The van der Waals surface area contributed by atoms with Crippen molar-refractivity contribution in [1.29, 1.82) is 0 Å². The Morgan fingerprint density at radius 3 is 2.69 bits per heavy atom. The van der Waals surface area contributed by atoms with Gasteiger partial charge in [0.1, 0.15) is 5.75 Å². The average molecular weight is 234 g/mol. The van der Waals surface area contributed by atoms with Gasteiger partial charge in [0.05, 0.1) is 36.9 Å². The van der Waals surface area contributed by atoms with E-state index < -0.39 is 0 Å². The van der Waals surface area contributed by atoms with E-state index in [2.05, 4.69) is 12.1 Å². The van der Waals surface area contributed by atoms with Gasteiger partial charge in [-0.05, 0) is 29.8 Å². The maximum atomic E-state index is 5.12. The Morgan fingerprint density at radius 1 is 1.31 bits per heavy atom. The first kappa shape index (κ1) is 11.1. The zero-order chi connectivity index (χ0) is 11.4. The Labute approximate surface area is 98.7 Å². The van der Waals surface area contributed by atoms with E-state index in [0.29, 0.717) is 6.61 Å². The summed E-state index contributed by atoms with van der Waals surface area (Å²) in [6, 6.07) is 7.89. The van der Waals surface area contributed by atoms with Gasteiger partial charge in [0.25, 0.3) is 0 Å². The van der Waals surface area contributed by atoms with E-state index in [1.54, 1.807) is 18.4 Å².